The minimum absolute atomic E-state index is 0.0234. The Morgan fingerprint density at radius 3 is 2.67 bits per heavy atom. The number of carbonyl (C=O) groups excluding carboxylic acids is 1. The predicted molar refractivity (Wildman–Crippen MR) is 73.6 cm³/mol. The summed E-state index contributed by atoms with van der Waals surface area (Å²) in [5, 5.41) is 10.5. The van der Waals surface area contributed by atoms with Gasteiger partial charge < -0.3 is 10.6 Å². The molecule has 0 aliphatic rings. The maximum atomic E-state index is 11.9. The number of anilines is 1. The Balaban J connectivity index is 2.63. The van der Waals surface area contributed by atoms with Crippen LogP contribution >= 0.6 is 0 Å². The smallest absolute Gasteiger partial charge is 0.242 e. The molecule has 5 nitrogen and oxygen atoms in total. The van der Waals surface area contributed by atoms with Crippen LogP contribution in [-0.2, 0) is 18.3 Å². The maximum absolute atomic E-state index is 11.9. The quantitative estimate of drug-likeness (QED) is 0.810. The molecule has 0 radical (unpaired) electrons. The van der Waals surface area contributed by atoms with Gasteiger partial charge in [0.05, 0.1) is 11.4 Å². The number of aromatic nitrogens is 2. The zero-order valence-corrected chi connectivity index (χ0v) is 11.9. The van der Waals surface area contributed by atoms with Crippen molar-refractivity contribution in [3.8, 4) is 0 Å². The van der Waals surface area contributed by atoms with Gasteiger partial charge in [0.1, 0.15) is 6.04 Å². The van der Waals surface area contributed by atoms with Gasteiger partial charge in [-0.3, -0.25) is 9.48 Å². The average Bonchev–Trinajstić information content (AvgIpc) is 2.68. The highest BCUT2D eigenvalue weighted by atomic mass is 16.2. The van der Waals surface area contributed by atoms with Crippen LogP contribution in [0.2, 0.25) is 0 Å². The summed E-state index contributed by atoms with van der Waals surface area (Å²) in [4.78, 5) is 11.9. The lowest BCUT2D eigenvalue weighted by atomic mass is 10.2. The number of amides is 1. The van der Waals surface area contributed by atoms with Crippen LogP contribution in [0.15, 0.2) is 6.20 Å². The molecule has 0 bridgehead atoms. The Bertz CT molecular complexity index is 400. The molecule has 0 aliphatic carbocycles. The molecule has 2 atom stereocenters. The van der Waals surface area contributed by atoms with E-state index in [0.29, 0.717) is 0 Å². The third-order valence-corrected chi connectivity index (χ3v) is 3.01. The van der Waals surface area contributed by atoms with Crippen LogP contribution in [0.4, 0.5) is 5.69 Å². The van der Waals surface area contributed by atoms with E-state index in [9.17, 15) is 4.79 Å². The van der Waals surface area contributed by atoms with Crippen molar-refractivity contribution in [2.24, 2.45) is 7.05 Å². The topological polar surface area (TPSA) is 59.0 Å². The SMILES string of the molecule is CCc1nn(C)cc1NC(C)C(=O)NC(C)CC. The number of hydrogen-bond donors (Lipinski definition) is 2. The molecule has 1 aromatic heterocycles. The van der Waals surface area contributed by atoms with Gasteiger partial charge in [-0.05, 0) is 26.7 Å². The summed E-state index contributed by atoms with van der Waals surface area (Å²) in [6.45, 7) is 7.98. The summed E-state index contributed by atoms with van der Waals surface area (Å²) in [5.74, 6) is 0.0234. The van der Waals surface area contributed by atoms with E-state index in [4.69, 9.17) is 0 Å². The Morgan fingerprint density at radius 1 is 1.44 bits per heavy atom. The van der Waals surface area contributed by atoms with E-state index in [1.807, 2.05) is 27.1 Å². The highest BCUT2D eigenvalue weighted by molar-refractivity contribution is 5.84. The molecule has 0 aromatic carbocycles. The summed E-state index contributed by atoms with van der Waals surface area (Å²) in [5.41, 5.74) is 1.92. The van der Waals surface area contributed by atoms with E-state index in [1.165, 1.54) is 0 Å². The first kappa shape index (κ1) is 14.5. The first-order valence-electron chi connectivity index (χ1n) is 6.57. The van der Waals surface area contributed by atoms with Crippen LogP contribution in [0.5, 0.6) is 0 Å². The van der Waals surface area contributed by atoms with Gasteiger partial charge in [0.2, 0.25) is 5.91 Å². The molecule has 5 heteroatoms. The van der Waals surface area contributed by atoms with Crippen LogP contribution in [0.1, 0.15) is 39.8 Å². The van der Waals surface area contributed by atoms with Gasteiger partial charge in [0.15, 0.2) is 0 Å². The second-order valence-electron chi connectivity index (χ2n) is 4.70. The van der Waals surface area contributed by atoms with E-state index < -0.39 is 0 Å². The van der Waals surface area contributed by atoms with Crippen molar-refractivity contribution in [1.82, 2.24) is 15.1 Å². The van der Waals surface area contributed by atoms with E-state index in [1.54, 1.807) is 4.68 Å². The zero-order chi connectivity index (χ0) is 13.7. The average molecular weight is 252 g/mol. The highest BCUT2D eigenvalue weighted by Gasteiger charge is 2.16. The van der Waals surface area contributed by atoms with Crippen LogP contribution in [0, 0.1) is 0 Å². The number of nitrogens with zero attached hydrogens (tertiary/aromatic N) is 2. The van der Waals surface area contributed by atoms with Crippen LogP contribution in [0.3, 0.4) is 0 Å². The second-order valence-corrected chi connectivity index (χ2v) is 4.70. The van der Waals surface area contributed by atoms with Gasteiger partial charge in [-0.25, -0.2) is 0 Å². The molecule has 0 aliphatic heterocycles. The summed E-state index contributed by atoms with van der Waals surface area (Å²) in [7, 11) is 1.88. The Morgan fingerprint density at radius 2 is 2.11 bits per heavy atom. The molecule has 0 saturated carbocycles. The summed E-state index contributed by atoms with van der Waals surface area (Å²) in [6, 6.07) is -0.0465. The molecule has 1 aromatic rings. The van der Waals surface area contributed by atoms with E-state index in [2.05, 4.69) is 29.6 Å². The van der Waals surface area contributed by atoms with Crippen molar-refractivity contribution >= 4 is 11.6 Å². The molecule has 1 amide bonds. The zero-order valence-electron chi connectivity index (χ0n) is 11.9. The van der Waals surface area contributed by atoms with Crippen molar-refractivity contribution in [2.45, 2.75) is 52.6 Å². The number of aryl methyl sites for hydroxylation is 2. The standard InChI is InChI=1S/C13H24N4O/c1-6-9(3)14-13(18)10(4)15-12-8-17(5)16-11(12)7-2/h8-10,15H,6-7H2,1-5H3,(H,14,18). The summed E-state index contributed by atoms with van der Waals surface area (Å²) in [6.07, 6.45) is 3.69. The third kappa shape index (κ3) is 3.75. The van der Waals surface area contributed by atoms with Crippen LogP contribution in [-0.4, -0.2) is 27.8 Å². The lowest BCUT2D eigenvalue weighted by Gasteiger charge is -2.18. The van der Waals surface area contributed by atoms with Crippen molar-refractivity contribution in [2.75, 3.05) is 5.32 Å². The molecular weight excluding hydrogens is 228 g/mol. The minimum Gasteiger partial charge on any atom is -0.371 e. The predicted octanol–water partition coefficient (Wildman–Crippen LogP) is 1.70. The highest BCUT2D eigenvalue weighted by Crippen LogP contribution is 2.14. The molecule has 2 unspecified atom stereocenters. The van der Waals surface area contributed by atoms with Gasteiger partial charge in [-0.1, -0.05) is 13.8 Å². The molecule has 0 saturated heterocycles. The lowest BCUT2D eigenvalue weighted by molar-refractivity contribution is -0.122. The van der Waals surface area contributed by atoms with Crippen molar-refractivity contribution in [3.63, 3.8) is 0 Å². The number of nitrogens with one attached hydrogen (secondary N) is 2. The van der Waals surface area contributed by atoms with Crippen molar-refractivity contribution in [1.29, 1.82) is 0 Å². The normalized spacial score (nSPS) is 14.1. The first-order chi connectivity index (χ1) is 8.47. The molecular formula is C13H24N4O. The summed E-state index contributed by atoms with van der Waals surface area (Å²) >= 11 is 0. The molecule has 0 spiro atoms. The lowest BCUT2D eigenvalue weighted by Crippen LogP contribution is -2.41. The van der Waals surface area contributed by atoms with Crippen molar-refractivity contribution in [3.05, 3.63) is 11.9 Å². The molecule has 1 rings (SSSR count). The van der Waals surface area contributed by atoms with Gasteiger partial charge in [0.25, 0.3) is 0 Å². The first-order valence-corrected chi connectivity index (χ1v) is 6.57. The number of hydrogen-bond acceptors (Lipinski definition) is 3. The van der Waals surface area contributed by atoms with Gasteiger partial charge in [-0.15, -0.1) is 0 Å². The Kier molecular flexibility index (Phi) is 5.19. The molecule has 102 valence electrons. The minimum atomic E-state index is -0.256. The second kappa shape index (κ2) is 6.42. The summed E-state index contributed by atoms with van der Waals surface area (Å²) < 4.78 is 1.76. The Labute approximate surface area is 109 Å². The molecule has 18 heavy (non-hydrogen) atoms. The fourth-order valence-electron chi connectivity index (χ4n) is 1.68. The molecule has 1 heterocycles. The van der Waals surface area contributed by atoms with Crippen LogP contribution in [0.25, 0.3) is 0 Å². The fraction of sp³-hybridized carbons (Fsp3) is 0.692. The largest absolute Gasteiger partial charge is 0.371 e. The van der Waals surface area contributed by atoms with E-state index in [-0.39, 0.29) is 18.0 Å². The molecule has 2 N–H and O–H groups in total. The van der Waals surface area contributed by atoms with E-state index in [0.717, 1.165) is 24.2 Å². The van der Waals surface area contributed by atoms with Gasteiger partial charge in [-0.2, -0.15) is 5.10 Å². The Hall–Kier alpha value is -1.52. The van der Waals surface area contributed by atoms with Gasteiger partial charge >= 0.3 is 0 Å². The van der Waals surface area contributed by atoms with E-state index >= 15 is 0 Å². The van der Waals surface area contributed by atoms with Gasteiger partial charge in [0, 0.05) is 19.3 Å². The molecule has 0 fully saturated rings. The van der Waals surface area contributed by atoms with Crippen LogP contribution < -0.4 is 10.6 Å². The number of carbonyl (C=O) groups is 1. The fourth-order valence-corrected chi connectivity index (χ4v) is 1.68. The third-order valence-electron chi connectivity index (χ3n) is 3.01. The maximum Gasteiger partial charge on any atom is 0.242 e. The van der Waals surface area contributed by atoms with Crippen molar-refractivity contribution < 1.29 is 4.79 Å². The number of rotatable bonds is 6. The monoisotopic (exact) mass is 252 g/mol.